The van der Waals surface area contributed by atoms with Crippen LogP contribution in [0.1, 0.15) is 32.1 Å². The molecule has 1 unspecified atom stereocenters. The van der Waals surface area contributed by atoms with Gasteiger partial charge in [-0.3, -0.25) is 4.79 Å². The molecule has 2 fully saturated rings. The van der Waals surface area contributed by atoms with Crippen molar-refractivity contribution in [1.82, 2.24) is 4.90 Å². The monoisotopic (exact) mass is 290 g/mol. The Kier molecular flexibility index (Phi) is 7.11. The average molecular weight is 291 g/mol. The first-order valence-corrected chi connectivity index (χ1v) is 7.25. The summed E-state index contributed by atoms with van der Waals surface area (Å²) >= 11 is 0. The van der Waals surface area contributed by atoms with E-state index in [-0.39, 0.29) is 18.3 Å². The molecule has 2 aliphatic rings. The van der Waals surface area contributed by atoms with E-state index in [1.54, 1.807) is 0 Å². The Hall–Kier alpha value is -0.320. The number of nitrogens with two attached hydrogens (primary N) is 1. The van der Waals surface area contributed by atoms with Crippen molar-refractivity contribution >= 4 is 18.3 Å². The van der Waals surface area contributed by atoms with Crippen LogP contribution in [0.3, 0.4) is 0 Å². The Bertz CT molecular complexity index is 283. The van der Waals surface area contributed by atoms with Gasteiger partial charge in [0.1, 0.15) is 0 Å². The summed E-state index contributed by atoms with van der Waals surface area (Å²) in [6.45, 7) is 3.18. The average Bonchev–Trinajstić information content (AvgIpc) is 2.87. The number of rotatable bonds is 4. The second kappa shape index (κ2) is 8.08. The van der Waals surface area contributed by atoms with E-state index in [4.69, 9.17) is 10.5 Å². The number of hydrogen-bond donors (Lipinski definition) is 1. The highest BCUT2D eigenvalue weighted by Crippen LogP contribution is 2.32. The van der Waals surface area contributed by atoms with Gasteiger partial charge in [-0.25, -0.2) is 0 Å². The predicted octanol–water partition coefficient (Wildman–Crippen LogP) is 1.67. The third-order valence-corrected chi connectivity index (χ3v) is 4.44. The van der Waals surface area contributed by atoms with E-state index in [2.05, 4.69) is 0 Å². The molecule has 1 aliphatic carbocycles. The lowest BCUT2D eigenvalue weighted by molar-refractivity contribution is -0.136. The molecule has 2 N–H and O–H groups in total. The van der Waals surface area contributed by atoms with Gasteiger partial charge in [0.05, 0.1) is 6.61 Å². The van der Waals surface area contributed by atoms with Crippen molar-refractivity contribution in [2.75, 3.05) is 33.4 Å². The number of amides is 1. The SMILES string of the molecule is CN(CC1CCCOC1)C(=O)[C@@H]1CCC[C@@H]1CN.Cl. The molecule has 0 radical (unpaired) electrons. The fourth-order valence-corrected chi connectivity index (χ4v) is 3.36. The van der Waals surface area contributed by atoms with Gasteiger partial charge in [0.2, 0.25) is 5.91 Å². The van der Waals surface area contributed by atoms with Crippen LogP contribution in [0.25, 0.3) is 0 Å². The third-order valence-electron chi connectivity index (χ3n) is 4.44. The topological polar surface area (TPSA) is 55.6 Å². The van der Waals surface area contributed by atoms with E-state index in [0.29, 0.717) is 24.3 Å². The predicted molar refractivity (Wildman–Crippen MR) is 78.3 cm³/mol. The Balaban J connectivity index is 0.00000180. The maximum absolute atomic E-state index is 12.4. The van der Waals surface area contributed by atoms with Crippen molar-refractivity contribution in [3.8, 4) is 0 Å². The lowest BCUT2D eigenvalue weighted by atomic mass is 9.94. The van der Waals surface area contributed by atoms with E-state index in [9.17, 15) is 4.79 Å². The van der Waals surface area contributed by atoms with E-state index in [1.165, 1.54) is 6.42 Å². The van der Waals surface area contributed by atoms with Crippen LogP contribution in [0.5, 0.6) is 0 Å². The van der Waals surface area contributed by atoms with Gasteiger partial charge in [-0.15, -0.1) is 12.4 Å². The minimum atomic E-state index is 0. The highest BCUT2D eigenvalue weighted by atomic mass is 35.5. The van der Waals surface area contributed by atoms with Gasteiger partial charge in [0, 0.05) is 26.1 Å². The molecule has 5 heteroatoms. The molecular formula is C14H27ClN2O2. The first kappa shape index (κ1) is 16.7. The maximum Gasteiger partial charge on any atom is 0.225 e. The first-order valence-electron chi connectivity index (χ1n) is 7.25. The molecule has 0 bridgehead atoms. The molecule has 0 aromatic carbocycles. The van der Waals surface area contributed by atoms with Crippen molar-refractivity contribution in [2.45, 2.75) is 32.1 Å². The van der Waals surface area contributed by atoms with Crippen LogP contribution in [-0.4, -0.2) is 44.2 Å². The van der Waals surface area contributed by atoms with E-state index < -0.39 is 0 Å². The standard InChI is InChI=1S/C14H26N2O2.ClH/c1-16(9-11-4-3-7-18-10-11)14(17)13-6-2-5-12(13)8-15;/h11-13H,2-10,15H2,1H3;1H/t11?,12-,13-;/m1./s1. The van der Waals surface area contributed by atoms with Crippen molar-refractivity contribution in [2.24, 2.45) is 23.5 Å². The van der Waals surface area contributed by atoms with Crippen molar-refractivity contribution < 1.29 is 9.53 Å². The van der Waals surface area contributed by atoms with Crippen molar-refractivity contribution in [1.29, 1.82) is 0 Å². The number of nitrogens with zero attached hydrogens (tertiary/aromatic N) is 1. The zero-order chi connectivity index (χ0) is 13.0. The summed E-state index contributed by atoms with van der Waals surface area (Å²) in [5, 5.41) is 0. The van der Waals surface area contributed by atoms with Crippen LogP contribution < -0.4 is 5.73 Å². The molecule has 1 saturated carbocycles. The molecule has 19 heavy (non-hydrogen) atoms. The Morgan fingerprint density at radius 1 is 1.32 bits per heavy atom. The van der Waals surface area contributed by atoms with Gasteiger partial charge >= 0.3 is 0 Å². The quantitative estimate of drug-likeness (QED) is 0.857. The van der Waals surface area contributed by atoms with E-state index in [1.807, 2.05) is 11.9 Å². The van der Waals surface area contributed by atoms with Gasteiger partial charge in [-0.05, 0) is 44.1 Å². The number of halogens is 1. The zero-order valence-corrected chi connectivity index (χ0v) is 12.7. The molecule has 1 amide bonds. The Morgan fingerprint density at radius 2 is 2.11 bits per heavy atom. The van der Waals surface area contributed by atoms with Crippen LogP contribution in [0, 0.1) is 17.8 Å². The lowest BCUT2D eigenvalue weighted by Crippen LogP contribution is -2.40. The van der Waals surface area contributed by atoms with E-state index >= 15 is 0 Å². The molecule has 2 rings (SSSR count). The fraction of sp³-hybridized carbons (Fsp3) is 0.929. The summed E-state index contributed by atoms with van der Waals surface area (Å²) in [6, 6.07) is 0. The van der Waals surface area contributed by atoms with Crippen LogP contribution in [-0.2, 0) is 9.53 Å². The smallest absolute Gasteiger partial charge is 0.225 e. The summed E-state index contributed by atoms with van der Waals surface area (Å²) in [6.07, 6.45) is 5.60. The molecule has 3 atom stereocenters. The van der Waals surface area contributed by atoms with Gasteiger partial charge in [-0.2, -0.15) is 0 Å². The van der Waals surface area contributed by atoms with Gasteiger partial charge in [-0.1, -0.05) is 6.42 Å². The summed E-state index contributed by atoms with van der Waals surface area (Å²) in [5.74, 6) is 1.39. The van der Waals surface area contributed by atoms with Crippen LogP contribution in [0.2, 0.25) is 0 Å². The first-order chi connectivity index (χ1) is 8.72. The summed E-state index contributed by atoms with van der Waals surface area (Å²) in [4.78, 5) is 14.3. The fourth-order valence-electron chi connectivity index (χ4n) is 3.36. The van der Waals surface area contributed by atoms with E-state index in [0.717, 1.165) is 45.4 Å². The number of carbonyl (C=O) groups excluding carboxylic acids is 1. The summed E-state index contributed by atoms with van der Waals surface area (Å²) in [7, 11) is 1.93. The highest BCUT2D eigenvalue weighted by Gasteiger charge is 2.34. The molecule has 4 nitrogen and oxygen atoms in total. The lowest BCUT2D eigenvalue weighted by Gasteiger charge is -2.30. The minimum absolute atomic E-state index is 0. The molecule has 0 aromatic rings. The molecule has 112 valence electrons. The third kappa shape index (κ3) is 4.33. The van der Waals surface area contributed by atoms with Gasteiger partial charge in [0.15, 0.2) is 0 Å². The molecule has 1 heterocycles. The second-order valence-corrected chi connectivity index (χ2v) is 5.84. The molecule has 0 aromatic heterocycles. The highest BCUT2D eigenvalue weighted by molar-refractivity contribution is 5.85. The Labute approximate surface area is 122 Å². The summed E-state index contributed by atoms with van der Waals surface area (Å²) in [5.41, 5.74) is 5.76. The van der Waals surface area contributed by atoms with Crippen LogP contribution in [0.4, 0.5) is 0 Å². The summed E-state index contributed by atoms with van der Waals surface area (Å²) < 4.78 is 5.47. The van der Waals surface area contributed by atoms with Crippen molar-refractivity contribution in [3.05, 3.63) is 0 Å². The zero-order valence-electron chi connectivity index (χ0n) is 11.8. The molecular weight excluding hydrogens is 264 g/mol. The van der Waals surface area contributed by atoms with Gasteiger partial charge in [0.25, 0.3) is 0 Å². The van der Waals surface area contributed by atoms with Crippen LogP contribution in [0.15, 0.2) is 0 Å². The van der Waals surface area contributed by atoms with Crippen molar-refractivity contribution in [3.63, 3.8) is 0 Å². The number of carbonyl (C=O) groups is 1. The molecule has 0 spiro atoms. The number of hydrogen-bond acceptors (Lipinski definition) is 3. The largest absolute Gasteiger partial charge is 0.381 e. The molecule has 1 aliphatic heterocycles. The second-order valence-electron chi connectivity index (χ2n) is 5.84. The minimum Gasteiger partial charge on any atom is -0.381 e. The maximum atomic E-state index is 12.4. The molecule has 1 saturated heterocycles. The Morgan fingerprint density at radius 3 is 2.74 bits per heavy atom. The van der Waals surface area contributed by atoms with Crippen LogP contribution >= 0.6 is 12.4 Å². The number of ether oxygens (including phenoxy) is 1. The normalized spacial score (nSPS) is 30.7. The van der Waals surface area contributed by atoms with Gasteiger partial charge < -0.3 is 15.4 Å².